The van der Waals surface area contributed by atoms with Crippen LogP contribution in [0.1, 0.15) is 32.1 Å². The van der Waals surface area contributed by atoms with Gasteiger partial charge in [-0.25, -0.2) is 0 Å². The molecule has 1 aliphatic heterocycles. The molecule has 0 radical (unpaired) electrons. The standard InChI is InChI=1S/C12H21N3/c13-11-6-8-3-9(7-11)5-10(4-8)12(11)14-1-2-15-12/h8-10,14-15H,1-7,13H2. The summed E-state index contributed by atoms with van der Waals surface area (Å²) in [5.74, 6) is 2.67. The first-order chi connectivity index (χ1) is 7.22. The van der Waals surface area contributed by atoms with E-state index in [0.29, 0.717) is 0 Å². The number of nitrogens with one attached hydrogen (secondary N) is 2. The van der Waals surface area contributed by atoms with Crippen LogP contribution in [0.5, 0.6) is 0 Å². The number of hydrogen-bond donors (Lipinski definition) is 3. The van der Waals surface area contributed by atoms with Gasteiger partial charge in [-0.2, -0.15) is 0 Å². The van der Waals surface area contributed by atoms with Gasteiger partial charge in [0.1, 0.15) is 0 Å². The van der Waals surface area contributed by atoms with Crippen molar-refractivity contribution in [1.82, 2.24) is 10.6 Å². The van der Waals surface area contributed by atoms with Crippen molar-refractivity contribution in [3.8, 4) is 0 Å². The van der Waals surface area contributed by atoms with Crippen LogP contribution in [-0.4, -0.2) is 24.3 Å². The molecule has 4 saturated carbocycles. The summed E-state index contributed by atoms with van der Waals surface area (Å²) in [6.45, 7) is 2.20. The van der Waals surface area contributed by atoms with Gasteiger partial charge >= 0.3 is 0 Å². The van der Waals surface area contributed by atoms with Gasteiger partial charge in [0.15, 0.2) is 0 Å². The number of rotatable bonds is 0. The molecule has 1 heterocycles. The minimum absolute atomic E-state index is 0.0538. The average Bonchev–Trinajstić information content (AvgIpc) is 2.63. The molecule has 4 N–H and O–H groups in total. The topological polar surface area (TPSA) is 50.1 Å². The first kappa shape index (κ1) is 8.97. The second-order valence-electron chi connectivity index (χ2n) is 6.36. The molecule has 2 unspecified atom stereocenters. The lowest BCUT2D eigenvalue weighted by Gasteiger charge is -2.65. The normalized spacial score (nSPS) is 55.4. The van der Waals surface area contributed by atoms with Crippen LogP contribution < -0.4 is 16.4 Å². The highest BCUT2D eigenvalue weighted by Gasteiger charge is 2.64. The fraction of sp³-hybridized carbons (Fsp3) is 1.00. The van der Waals surface area contributed by atoms with E-state index in [1.54, 1.807) is 0 Å². The highest BCUT2D eigenvalue weighted by Crippen LogP contribution is 2.58. The molecule has 0 amide bonds. The second kappa shape index (κ2) is 2.58. The Kier molecular flexibility index (Phi) is 1.54. The zero-order chi connectivity index (χ0) is 10.1. The van der Waals surface area contributed by atoms with Crippen LogP contribution in [0.4, 0.5) is 0 Å². The van der Waals surface area contributed by atoms with E-state index in [1.807, 2.05) is 0 Å². The Morgan fingerprint density at radius 2 is 1.53 bits per heavy atom. The maximum Gasteiger partial charge on any atom is 0.0902 e. The van der Waals surface area contributed by atoms with Crippen molar-refractivity contribution in [2.75, 3.05) is 13.1 Å². The molecule has 2 atom stereocenters. The van der Waals surface area contributed by atoms with E-state index in [1.165, 1.54) is 32.1 Å². The van der Waals surface area contributed by atoms with Gasteiger partial charge in [-0.1, -0.05) is 0 Å². The third-order valence-electron chi connectivity index (χ3n) is 5.54. The van der Waals surface area contributed by atoms with Crippen LogP contribution in [-0.2, 0) is 0 Å². The summed E-state index contributed by atoms with van der Waals surface area (Å²) in [7, 11) is 0. The maximum absolute atomic E-state index is 6.74. The third kappa shape index (κ3) is 0.931. The molecule has 5 fully saturated rings. The molecule has 0 aromatic rings. The van der Waals surface area contributed by atoms with Crippen molar-refractivity contribution >= 4 is 0 Å². The lowest BCUT2D eigenvalue weighted by Crippen LogP contribution is -2.80. The smallest absolute Gasteiger partial charge is 0.0902 e. The maximum atomic E-state index is 6.74. The summed E-state index contributed by atoms with van der Waals surface area (Å²) in [5, 5.41) is 7.44. The summed E-state index contributed by atoms with van der Waals surface area (Å²) in [6.07, 6.45) is 6.79. The van der Waals surface area contributed by atoms with Gasteiger partial charge in [0.25, 0.3) is 0 Å². The first-order valence-electron chi connectivity index (χ1n) is 6.51. The summed E-state index contributed by atoms with van der Waals surface area (Å²) in [5.41, 5.74) is 6.90. The Balaban J connectivity index is 1.80. The van der Waals surface area contributed by atoms with Crippen LogP contribution in [0, 0.1) is 17.8 Å². The van der Waals surface area contributed by atoms with Crippen molar-refractivity contribution in [2.45, 2.75) is 43.3 Å². The Labute approximate surface area is 91.2 Å². The molecule has 5 rings (SSSR count). The fourth-order valence-electron chi connectivity index (χ4n) is 5.32. The van der Waals surface area contributed by atoms with Gasteiger partial charge in [0.05, 0.1) is 5.66 Å². The van der Waals surface area contributed by atoms with Crippen molar-refractivity contribution < 1.29 is 0 Å². The van der Waals surface area contributed by atoms with Crippen molar-refractivity contribution in [1.29, 1.82) is 0 Å². The van der Waals surface area contributed by atoms with E-state index >= 15 is 0 Å². The van der Waals surface area contributed by atoms with Crippen LogP contribution in [0.15, 0.2) is 0 Å². The molecule has 3 heteroatoms. The molecule has 4 aliphatic carbocycles. The highest BCUT2D eigenvalue weighted by molar-refractivity contribution is 5.22. The van der Waals surface area contributed by atoms with Gasteiger partial charge in [-0.15, -0.1) is 0 Å². The van der Waals surface area contributed by atoms with Crippen LogP contribution in [0.25, 0.3) is 0 Å². The van der Waals surface area contributed by atoms with E-state index in [0.717, 1.165) is 30.8 Å². The predicted octanol–water partition coefficient (Wildman–Crippen LogP) is 0.413. The molecule has 1 spiro atoms. The van der Waals surface area contributed by atoms with Crippen LogP contribution >= 0.6 is 0 Å². The average molecular weight is 207 g/mol. The molecular formula is C12H21N3. The minimum atomic E-state index is 0.0538. The van der Waals surface area contributed by atoms with Crippen molar-refractivity contribution in [3.63, 3.8) is 0 Å². The zero-order valence-electron chi connectivity index (χ0n) is 9.26. The quantitative estimate of drug-likeness (QED) is 0.539. The molecule has 15 heavy (non-hydrogen) atoms. The van der Waals surface area contributed by atoms with Gasteiger partial charge in [-0.3, -0.25) is 10.6 Å². The molecule has 0 aromatic carbocycles. The number of nitrogens with two attached hydrogens (primary N) is 1. The number of hydrogen-bond acceptors (Lipinski definition) is 3. The first-order valence-corrected chi connectivity index (χ1v) is 6.51. The van der Waals surface area contributed by atoms with E-state index in [2.05, 4.69) is 10.6 Å². The SMILES string of the molecule is NC12CC3CC(CC(C3)C13NCCN3)C2. The Morgan fingerprint density at radius 3 is 2.07 bits per heavy atom. The molecule has 3 nitrogen and oxygen atoms in total. The van der Waals surface area contributed by atoms with Gasteiger partial charge in [-0.05, 0) is 49.9 Å². The molecule has 4 bridgehead atoms. The van der Waals surface area contributed by atoms with E-state index in [4.69, 9.17) is 5.73 Å². The zero-order valence-corrected chi connectivity index (χ0v) is 9.26. The van der Waals surface area contributed by atoms with Gasteiger partial charge in [0.2, 0.25) is 0 Å². The second-order valence-corrected chi connectivity index (χ2v) is 6.36. The molecule has 0 aromatic heterocycles. The Hall–Kier alpha value is -0.120. The molecule has 1 saturated heterocycles. The monoisotopic (exact) mass is 207 g/mol. The van der Waals surface area contributed by atoms with E-state index in [9.17, 15) is 0 Å². The summed E-state index contributed by atoms with van der Waals surface area (Å²) in [4.78, 5) is 0. The van der Waals surface area contributed by atoms with Gasteiger partial charge < -0.3 is 5.73 Å². The molecular weight excluding hydrogens is 186 g/mol. The summed E-state index contributed by atoms with van der Waals surface area (Å²) >= 11 is 0. The van der Waals surface area contributed by atoms with E-state index < -0.39 is 0 Å². The lowest BCUT2D eigenvalue weighted by molar-refractivity contribution is -0.0933. The predicted molar refractivity (Wildman–Crippen MR) is 59.2 cm³/mol. The Bertz CT molecular complexity index is 281. The summed E-state index contributed by atoms with van der Waals surface area (Å²) in [6, 6.07) is 0. The summed E-state index contributed by atoms with van der Waals surface area (Å²) < 4.78 is 0. The van der Waals surface area contributed by atoms with Gasteiger partial charge in [0, 0.05) is 18.6 Å². The highest BCUT2D eigenvalue weighted by atomic mass is 15.3. The minimum Gasteiger partial charge on any atom is -0.322 e. The molecule has 84 valence electrons. The van der Waals surface area contributed by atoms with Crippen LogP contribution in [0.2, 0.25) is 0 Å². The third-order valence-corrected chi connectivity index (χ3v) is 5.54. The largest absolute Gasteiger partial charge is 0.322 e. The van der Waals surface area contributed by atoms with Crippen molar-refractivity contribution in [3.05, 3.63) is 0 Å². The van der Waals surface area contributed by atoms with E-state index in [-0.39, 0.29) is 11.2 Å². The van der Waals surface area contributed by atoms with Crippen LogP contribution in [0.3, 0.4) is 0 Å². The van der Waals surface area contributed by atoms with Crippen molar-refractivity contribution in [2.24, 2.45) is 23.5 Å². The lowest BCUT2D eigenvalue weighted by atomic mass is 9.48. The Morgan fingerprint density at radius 1 is 0.933 bits per heavy atom. The molecule has 5 aliphatic rings. The fourth-order valence-corrected chi connectivity index (χ4v) is 5.32.